The normalized spacial score (nSPS) is 18.1. The van der Waals surface area contributed by atoms with Crippen molar-refractivity contribution in [3.63, 3.8) is 0 Å². The fraction of sp³-hybridized carbons (Fsp3) is 0.412. The minimum Gasteiger partial charge on any atom is -0.329 e. The Kier molecular flexibility index (Phi) is 3.53. The molecule has 1 fully saturated rings. The molecule has 1 heterocycles. The average molecular weight is 268 g/mol. The second kappa shape index (κ2) is 5.33. The Hall–Kier alpha value is -1.74. The van der Waals surface area contributed by atoms with E-state index in [1.165, 1.54) is 6.42 Å². The third-order valence-corrected chi connectivity index (χ3v) is 4.61. The molecule has 3 heteroatoms. The molecule has 3 nitrogen and oxygen atoms in total. The molecule has 2 N–H and O–H groups in total. The molecule has 0 saturated heterocycles. The van der Waals surface area contributed by atoms with Gasteiger partial charge in [0.05, 0.1) is 0 Å². The Morgan fingerprint density at radius 3 is 2.75 bits per heavy atom. The van der Waals surface area contributed by atoms with Crippen LogP contribution in [0.15, 0.2) is 36.7 Å². The van der Waals surface area contributed by atoms with Gasteiger partial charge in [0.15, 0.2) is 5.78 Å². The molecule has 1 saturated carbocycles. The standard InChI is InChI=1S/C17H20N2O/c18-12-17(8-2-1-3-9-17)16(20)15-6-4-5-13-11-19-10-7-14(13)15/h4-7,10-11H,1-3,8-9,12,18H2. The third-order valence-electron chi connectivity index (χ3n) is 4.61. The number of pyridine rings is 1. The molecule has 1 aliphatic carbocycles. The van der Waals surface area contributed by atoms with Gasteiger partial charge in [-0.1, -0.05) is 37.5 Å². The maximum Gasteiger partial charge on any atom is 0.170 e. The van der Waals surface area contributed by atoms with E-state index >= 15 is 0 Å². The average Bonchev–Trinajstić information content (AvgIpc) is 2.54. The zero-order chi connectivity index (χ0) is 14.0. The van der Waals surface area contributed by atoms with Crippen LogP contribution in [0.4, 0.5) is 0 Å². The van der Waals surface area contributed by atoms with Gasteiger partial charge in [0.1, 0.15) is 0 Å². The van der Waals surface area contributed by atoms with E-state index in [9.17, 15) is 4.79 Å². The van der Waals surface area contributed by atoms with Gasteiger partial charge < -0.3 is 5.73 Å². The smallest absolute Gasteiger partial charge is 0.170 e. The van der Waals surface area contributed by atoms with Crippen LogP contribution in [0.1, 0.15) is 42.5 Å². The van der Waals surface area contributed by atoms with Crippen molar-refractivity contribution in [1.29, 1.82) is 0 Å². The Bertz CT molecular complexity index is 624. The lowest BCUT2D eigenvalue weighted by atomic mass is 9.69. The second-order valence-corrected chi connectivity index (χ2v) is 5.78. The van der Waals surface area contributed by atoms with Crippen LogP contribution < -0.4 is 5.73 Å². The number of nitrogens with zero attached hydrogens (tertiary/aromatic N) is 1. The number of hydrogen-bond donors (Lipinski definition) is 1. The van der Waals surface area contributed by atoms with Crippen LogP contribution >= 0.6 is 0 Å². The summed E-state index contributed by atoms with van der Waals surface area (Å²) in [5.41, 5.74) is 6.44. The van der Waals surface area contributed by atoms with Crippen molar-refractivity contribution in [3.8, 4) is 0 Å². The minimum atomic E-state index is -0.351. The highest BCUT2D eigenvalue weighted by atomic mass is 16.1. The topological polar surface area (TPSA) is 56.0 Å². The van der Waals surface area contributed by atoms with E-state index in [0.717, 1.165) is 42.0 Å². The highest BCUT2D eigenvalue weighted by Crippen LogP contribution is 2.39. The monoisotopic (exact) mass is 268 g/mol. The summed E-state index contributed by atoms with van der Waals surface area (Å²) in [7, 11) is 0. The van der Waals surface area contributed by atoms with E-state index < -0.39 is 0 Å². The van der Waals surface area contributed by atoms with Gasteiger partial charge in [-0.2, -0.15) is 0 Å². The van der Waals surface area contributed by atoms with E-state index in [4.69, 9.17) is 5.73 Å². The van der Waals surface area contributed by atoms with E-state index in [2.05, 4.69) is 4.98 Å². The number of carbonyl (C=O) groups excluding carboxylic acids is 1. The molecule has 1 aromatic carbocycles. The summed E-state index contributed by atoms with van der Waals surface area (Å²) in [5.74, 6) is 0.219. The van der Waals surface area contributed by atoms with Gasteiger partial charge in [0.2, 0.25) is 0 Å². The van der Waals surface area contributed by atoms with Gasteiger partial charge in [-0.05, 0) is 24.3 Å². The van der Waals surface area contributed by atoms with Crippen LogP contribution in [0.2, 0.25) is 0 Å². The zero-order valence-electron chi connectivity index (χ0n) is 11.6. The first-order valence-electron chi connectivity index (χ1n) is 7.34. The van der Waals surface area contributed by atoms with Crippen molar-refractivity contribution in [2.45, 2.75) is 32.1 Å². The first-order valence-corrected chi connectivity index (χ1v) is 7.34. The summed E-state index contributed by atoms with van der Waals surface area (Å²) < 4.78 is 0. The molecule has 1 aliphatic rings. The quantitative estimate of drug-likeness (QED) is 0.869. The number of rotatable bonds is 3. The number of hydrogen-bond acceptors (Lipinski definition) is 3. The predicted molar refractivity (Wildman–Crippen MR) is 80.6 cm³/mol. The number of fused-ring (bicyclic) bond motifs is 1. The lowest BCUT2D eigenvalue weighted by molar-refractivity contribution is 0.0731. The molecular weight excluding hydrogens is 248 g/mol. The lowest BCUT2D eigenvalue weighted by Gasteiger charge is -2.35. The molecular formula is C17H20N2O. The van der Waals surface area contributed by atoms with Crippen molar-refractivity contribution in [3.05, 3.63) is 42.2 Å². The number of carbonyl (C=O) groups is 1. The highest BCUT2D eigenvalue weighted by molar-refractivity contribution is 6.10. The molecule has 0 atom stereocenters. The number of ketones is 1. The van der Waals surface area contributed by atoms with Gasteiger partial charge in [0, 0.05) is 35.3 Å². The Morgan fingerprint density at radius 1 is 1.20 bits per heavy atom. The largest absolute Gasteiger partial charge is 0.329 e. The van der Waals surface area contributed by atoms with E-state index in [1.54, 1.807) is 6.20 Å². The molecule has 0 unspecified atom stereocenters. The van der Waals surface area contributed by atoms with Gasteiger partial charge in [0.25, 0.3) is 0 Å². The first kappa shape index (κ1) is 13.3. The fourth-order valence-corrected chi connectivity index (χ4v) is 3.36. The number of Topliss-reactive ketones (excluding diaryl/α,β-unsaturated/α-hetero) is 1. The summed E-state index contributed by atoms with van der Waals surface area (Å²) in [6, 6.07) is 7.78. The molecule has 2 aromatic rings. The van der Waals surface area contributed by atoms with Crippen LogP contribution in [0.25, 0.3) is 10.8 Å². The summed E-state index contributed by atoms with van der Waals surface area (Å²) in [4.78, 5) is 17.2. The molecule has 0 aliphatic heterocycles. The lowest BCUT2D eigenvalue weighted by Crippen LogP contribution is -2.40. The van der Waals surface area contributed by atoms with Crippen LogP contribution in [0.3, 0.4) is 0 Å². The van der Waals surface area contributed by atoms with Crippen LogP contribution in [-0.4, -0.2) is 17.3 Å². The summed E-state index contributed by atoms with van der Waals surface area (Å²) in [6.07, 6.45) is 8.82. The molecule has 0 spiro atoms. The zero-order valence-corrected chi connectivity index (χ0v) is 11.6. The molecule has 0 amide bonds. The molecule has 20 heavy (non-hydrogen) atoms. The minimum absolute atomic E-state index is 0.219. The third kappa shape index (κ3) is 2.12. The summed E-state index contributed by atoms with van der Waals surface area (Å²) >= 11 is 0. The van der Waals surface area contributed by atoms with Gasteiger partial charge in [-0.25, -0.2) is 0 Å². The van der Waals surface area contributed by atoms with E-state index in [0.29, 0.717) is 6.54 Å². The first-order chi connectivity index (χ1) is 9.77. The SMILES string of the molecule is NCC1(C(=O)c2cccc3cnccc23)CCCCC1. The van der Waals surface area contributed by atoms with Crippen molar-refractivity contribution in [2.24, 2.45) is 11.1 Å². The number of aromatic nitrogens is 1. The highest BCUT2D eigenvalue weighted by Gasteiger charge is 2.38. The maximum absolute atomic E-state index is 13.1. The van der Waals surface area contributed by atoms with E-state index in [1.807, 2.05) is 30.5 Å². The van der Waals surface area contributed by atoms with Gasteiger partial charge >= 0.3 is 0 Å². The van der Waals surface area contributed by atoms with Crippen molar-refractivity contribution in [2.75, 3.05) is 6.54 Å². The predicted octanol–water partition coefficient (Wildman–Crippen LogP) is 3.33. The molecule has 0 radical (unpaired) electrons. The molecule has 3 rings (SSSR count). The van der Waals surface area contributed by atoms with E-state index in [-0.39, 0.29) is 11.2 Å². The number of benzene rings is 1. The van der Waals surface area contributed by atoms with Gasteiger partial charge in [-0.3, -0.25) is 9.78 Å². The molecule has 104 valence electrons. The number of nitrogens with two attached hydrogens (primary N) is 1. The Balaban J connectivity index is 2.08. The van der Waals surface area contributed by atoms with Crippen molar-refractivity contribution in [1.82, 2.24) is 4.98 Å². The van der Waals surface area contributed by atoms with Crippen LogP contribution in [-0.2, 0) is 0 Å². The summed E-state index contributed by atoms with van der Waals surface area (Å²) in [5, 5.41) is 2.01. The molecule has 1 aromatic heterocycles. The Labute approximate surface area is 119 Å². The van der Waals surface area contributed by atoms with Gasteiger partial charge in [-0.15, -0.1) is 0 Å². The summed E-state index contributed by atoms with van der Waals surface area (Å²) in [6.45, 7) is 0.452. The molecule has 0 bridgehead atoms. The van der Waals surface area contributed by atoms with Crippen LogP contribution in [0, 0.1) is 5.41 Å². The Morgan fingerprint density at radius 2 is 2.00 bits per heavy atom. The van der Waals surface area contributed by atoms with Crippen molar-refractivity contribution >= 4 is 16.6 Å². The second-order valence-electron chi connectivity index (χ2n) is 5.78. The maximum atomic E-state index is 13.1. The van der Waals surface area contributed by atoms with Crippen molar-refractivity contribution < 1.29 is 4.79 Å². The fourth-order valence-electron chi connectivity index (χ4n) is 3.36. The van der Waals surface area contributed by atoms with Crippen LogP contribution in [0.5, 0.6) is 0 Å².